The van der Waals surface area contributed by atoms with E-state index in [1.165, 1.54) is 0 Å². The number of hydrogen-bond donors (Lipinski definition) is 1. The van der Waals surface area contributed by atoms with Crippen LogP contribution in [0, 0.1) is 0 Å². The average Bonchev–Trinajstić information content (AvgIpc) is 3.03. The van der Waals surface area contributed by atoms with E-state index in [0.717, 1.165) is 16.9 Å². The molecular weight excluding hydrogens is 305 g/mol. The summed E-state index contributed by atoms with van der Waals surface area (Å²) in [4.78, 5) is 4.08. The number of rotatable bonds is 4. The highest BCUT2D eigenvalue weighted by Crippen LogP contribution is 2.24. The third-order valence-electron chi connectivity index (χ3n) is 3.16. The van der Waals surface area contributed by atoms with Crippen LogP contribution >= 0.6 is 23.2 Å². The van der Waals surface area contributed by atoms with Gasteiger partial charge < -0.3 is 9.88 Å². The van der Waals surface area contributed by atoms with Gasteiger partial charge in [0.05, 0.1) is 17.7 Å². The molecule has 1 N–H and O–H groups in total. The molecule has 1 aromatic heterocycles. The van der Waals surface area contributed by atoms with E-state index in [1.807, 2.05) is 47.2 Å². The van der Waals surface area contributed by atoms with Gasteiger partial charge in [0.25, 0.3) is 0 Å². The van der Waals surface area contributed by atoms with Gasteiger partial charge in [-0.3, -0.25) is 0 Å². The zero-order valence-electron chi connectivity index (χ0n) is 11.1. The minimum absolute atomic E-state index is 0.602. The first-order valence-corrected chi connectivity index (χ1v) is 7.25. The van der Waals surface area contributed by atoms with E-state index in [4.69, 9.17) is 23.2 Å². The van der Waals surface area contributed by atoms with E-state index in [0.29, 0.717) is 16.6 Å². The summed E-state index contributed by atoms with van der Waals surface area (Å²) in [6, 6.07) is 13.5. The number of anilines is 1. The molecule has 0 amide bonds. The van der Waals surface area contributed by atoms with Gasteiger partial charge in [0.1, 0.15) is 0 Å². The maximum Gasteiger partial charge on any atom is 0.0992 e. The van der Waals surface area contributed by atoms with Crippen LogP contribution in [0.15, 0.2) is 61.2 Å². The number of nitrogens with zero attached hydrogens (tertiary/aromatic N) is 2. The van der Waals surface area contributed by atoms with Crippen molar-refractivity contribution in [1.29, 1.82) is 0 Å². The molecular formula is C16H13Cl2N3. The summed E-state index contributed by atoms with van der Waals surface area (Å²) in [6.45, 7) is 0.602. The van der Waals surface area contributed by atoms with Gasteiger partial charge in [0, 0.05) is 29.0 Å². The van der Waals surface area contributed by atoms with Gasteiger partial charge in [-0.1, -0.05) is 35.3 Å². The molecule has 0 unspecified atom stereocenters. The number of para-hydroxylation sites is 2. The molecule has 3 rings (SSSR count). The van der Waals surface area contributed by atoms with E-state index in [9.17, 15) is 0 Å². The molecule has 0 aliphatic carbocycles. The molecule has 0 fully saturated rings. The lowest BCUT2D eigenvalue weighted by atomic mass is 10.2. The predicted molar refractivity (Wildman–Crippen MR) is 87.4 cm³/mol. The van der Waals surface area contributed by atoms with Gasteiger partial charge in [-0.05, 0) is 35.9 Å². The molecule has 0 radical (unpaired) electrons. The summed E-state index contributed by atoms with van der Waals surface area (Å²) in [5, 5.41) is 4.77. The second-order valence-corrected chi connectivity index (χ2v) is 5.42. The van der Waals surface area contributed by atoms with Crippen molar-refractivity contribution < 1.29 is 0 Å². The quantitative estimate of drug-likeness (QED) is 0.749. The lowest BCUT2D eigenvalue weighted by Gasteiger charge is -2.13. The third kappa shape index (κ3) is 3.20. The number of aromatic nitrogens is 2. The maximum atomic E-state index is 6.19. The van der Waals surface area contributed by atoms with E-state index in [-0.39, 0.29) is 0 Å². The summed E-state index contributed by atoms with van der Waals surface area (Å²) < 4.78 is 1.96. The molecule has 21 heavy (non-hydrogen) atoms. The van der Waals surface area contributed by atoms with Crippen LogP contribution in [0.5, 0.6) is 0 Å². The fourth-order valence-corrected chi connectivity index (χ4v) is 2.50. The molecule has 2 aromatic carbocycles. The maximum absolute atomic E-state index is 6.19. The molecule has 0 atom stereocenters. The molecule has 0 spiro atoms. The minimum Gasteiger partial charge on any atom is -0.379 e. The van der Waals surface area contributed by atoms with Gasteiger partial charge in [-0.25, -0.2) is 4.98 Å². The Labute approximate surface area is 133 Å². The van der Waals surface area contributed by atoms with Crippen molar-refractivity contribution in [2.45, 2.75) is 6.54 Å². The van der Waals surface area contributed by atoms with Gasteiger partial charge in [0.2, 0.25) is 0 Å². The highest BCUT2D eigenvalue weighted by atomic mass is 35.5. The summed E-state index contributed by atoms with van der Waals surface area (Å²) in [7, 11) is 0. The third-order valence-corrected chi connectivity index (χ3v) is 3.77. The van der Waals surface area contributed by atoms with Crippen LogP contribution in [0.25, 0.3) is 5.69 Å². The van der Waals surface area contributed by atoms with Crippen LogP contribution in [0.4, 0.5) is 5.69 Å². The van der Waals surface area contributed by atoms with E-state index in [1.54, 1.807) is 18.6 Å². The Morgan fingerprint density at radius 1 is 1.10 bits per heavy atom. The molecule has 0 saturated carbocycles. The van der Waals surface area contributed by atoms with Crippen LogP contribution in [0.2, 0.25) is 10.0 Å². The predicted octanol–water partition coefficient (Wildman–Crippen LogP) is 4.79. The van der Waals surface area contributed by atoms with Crippen molar-refractivity contribution in [2.75, 3.05) is 5.32 Å². The topological polar surface area (TPSA) is 29.9 Å². The lowest BCUT2D eigenvalue weighted by Crippen LogP contribution is -2.04. The number of hydrogen-bond acceptors (Lipinski definition) is 2. The lowest BCUT2D eigenvalue weighted by molar-refractivity contribution is 1.04. The van der Waals surface area contributed by atoms with Crippen LogP contribution < -0.4 is 5.32 Å². The Balaban J connectivity index is 1.84. The van der Waals surface area contributed by atoms with Crippen molar-refractivity contribution in [2.24, 2.45) is 0 Å². The van der Waals surface area contributed by atoms with E-state index in [2.05, 4.69) is 10.3 Å². The van der Waals surface area contributed by atoms with E-state index >= 15 is 0 Å². The summed E-state index contributed by atoms with van der Waals surface area (Å²) in [6.07, 6.45) is 5.43. The van der Waals surface area contributed by atoms with Crippen molar-refractivity contribution in [3.05, 3.63) is 76.8 Å². The zero-order chi connectivity index (χ0) is 14.7. The number of benzene rings is 2. The molecule has 0 bridgehead atoms. The van der Waals surface area contributed by atoms with Crippen LogP contribution in [-0.4, -0.2) is 9.55 Å². The molecule has 0 saturated heterocycles. The molecule has 1 heterocycles. The molecule has 5 heteroatoms. The first kappa shape index (κ1) is 14.0. The average molecular weight is 318 g/mol. The highest BCUT2D eigenvalue weighted by Gasteiger charge is 2.05. The first-order valence-electron chi connectivity index (χ1n) is 6.49. The number of imidazole rings is 1. The van der Waals surface area contributed by atoms with Crippen molar-refractivity contribution in [1.82, 2.24) is 9.55 Å². The van der Waals surface area contributed by atoms with E-state index < -0.39 is 0 Å². The second-order valence-electron chi connectivity index (χ2n) is 4.58. The van der Waals surface area contributed by atoms with Gasteiger partial charge in [-0.2, -0.15) is 0 Å². The van der Waals surface area contributed by atoms with Gasteiger partial charge in [0.15, 0.2) is 0 Å². The Bertz CT molecular complexity index is 739. The normalized spacial score (nSPS) is 10.6. The number of halogens is 2. The Morgan fingerprint density at radius 3 is 2.76 bits per heavy atom. The standard InChI is InChI=1S/C16H13Cl2N3/c17-13-5-6-14(18)12(9-13)10-20-15-3-1-2-4-16(15)21-8-7-19-11-21/h1-9,11,20H,10H2. The van der Waals surface area contributed by atoms with Crippen molar-refractivity contribution >= 4 is 28.9 Å². The molecule has 3 aromatic rings. The largest absolute Gasteiger partial charge is 0.379 e. The van der Waals surface area contributed by atoms with Crippen LogP contribution in [0.3, 0.4) is 0 Å². The zero-order valence-corrected chi connectivity index (χ0v) is 12.6. The smallest absolute Gasteiger partial charge is 0.0992 e. The SMILES string of the molecule is Clc1ccc(Cl)c(CNc2ccccc2-n2ccnc2)c1. The van der Waals surface area contributed by atoms with Crippen LogP contribution in [-0.2, 0) is 6.54 Å². The first-order chi connectivity index (χ1) is 10.2. The van der Waals surface area contributed by atoms with Gasteiger partial charge in [-0.15, -0.1) is 0 Å². The number of nitrogens with one attached hydrogen (secondary N) is 1. The van der Waals surface area contributed by atoms with Crippen molar-refractivity contribution in [3.63, 3.8) is 0 Å². The highest BCUT2D eigenvalue weighted by molar-refractivity contribution is 6.33. The fraction of sp³-hybridized carbons (Fsp3) is 0.0625. The minimum atomic E-state index is 0.602. The van der Waals surface area contributed by atoms with Crippen LogP contribution in [0.1, 0.15) is 5.56 Å². The summed E-state index contributed by atoms with van der Waals surface area (Å²) >= 11 is 12.2. The Kier molecular flexibility index (Phi) is 4.13. The Hall–Kier alpha value is -1.97. The van der Waals surface area contributed by atoms with Crippen molar-refractivity contribution in [3.8, 4) is 5.69 Å². The molecule has 3 nitrogen and oxygen atoms in total. The summed E-state index contributed by atoms with van der Waals surface area (Å²) in [5.74, 6) is 0. The fourth-order valence-electron chi connectivity index (χ4n) is 2.12. The molecule has 0 aliphatic rings. The molecule has 106 valence electrons. The second kappa shape index (κ2) is 6.20. The van der Waals surface area contributed by atoms with Gasteiger partial charge >= 0.3 is 0 Å². The Morgan fingerprint density at radius 2 is 1.95 bits per heavy atom. The monoisotopic (exact) mass is 317 g/mol. The molecule has 0 aliphatic heterocycles. The summed E-state index contributed by atoms with van der Waals surface area (Å²) in [5.41, 5.74) is 3.00.